The highest BCUT2D eigenvalue weighted by molar-refractivity contribution is 6.90. The summed E-state index contributed by atoms with van der Waals surface area (Å²) in [5, 5.41) is 10.5. The third-order valence-corrected chi connectivity index (χ3v) is 11.0. The second-order valence-corrected chi connectivity index (χ2v) is 13.2. The van der Waals surface area contributed by atoms with E-state index in [1.54, 1.807) is 0 Å². The summed E-state index contributed by atoms with van der Waals surface area (Å²) in [6.07, 6.45) is 0. The molecule has 10 aromatic rings. The molecule has 4 heterocycles. The molecule has 214 valence electrons. The molecule has 0 unspecified atom stereocenters. The van der Waals surface area contributed by atoms with Crippen molar-refractivity contribution in [2.75, 3.05) is 0 Å². The van der Waals surface area contributed by atoms with Gasteiger partial charge in [-0.3, -0.25) is 0 Å². The summed E-state index contributed by atoms with van der Waals surface area (Å²) in [7, 11) is 0. The normalized spacial score (nSPS) is 13.1. The van der Waals surface area contributed by atoms with Crippen molar-refractivity contribution in [1.82, 2.24) is 9.05 Å². The fourth-order valence-electron chi connectivity index (χ4n) is 9.23. The molecule has 2 aliphatic heterocycles. The Labute approximate surface area is 270 Å². The SMILES string of the molecule is c1ccc(-c2cc3c4c(c2)-n2c5ccc6ccccc6c5c5c6ccccc6cc(c52)B4n2c4ccccc4c4cccc-3c42)cc1. The number of benzene rings is 8. The van der Waals surface area contributed by atoms with Crippen LogP contribution in [0.3, 0.4) is 0 Å². The number of hydrogen-bond donors (Lipinski definition) is 0. The number of para-hydroxylation sites is 2. The van der Waals surface area contributed by atoms with E-state index in [0.29, 0.717) is 0 Å². The fourth-order valence-corrected chi connectivity index (χ4v) is 9.23. The zero-order valence-electron chi connectivity index (χ0n) is 25.4. The predicted octanol–water partition coefficient (Wildman–Crippen LogP) is 9.81. The lowest BCUT2D eigenvalue weighted by molar-refractivity contribution is 1.18. The van der Waals surface area contributed by atoms with Crippen LogP contribution in [0, 0.1) is 0 Å². The van der Waals surface area contributed by atoms with Gasteiger partial charge in [0.2, 0.25) is 0 Å². The molecule has 0 fully saturated rings. The Balaban J connectivity index is 1.39. The van der Waals surface area contributed by atoms with Crippen LogP contribution in [-0.2, 0) is 0 Å². The molecule has 2 aromatic heterocycles. The molecule has 12 rings (SSSR count). The summed E-state index contributed by atoms with van der Waals surface area (Å²) in [5.41, 5.74) is 14.4. The highest BCUT2D eigenvalue weighted by atomic mass is 15.0. The molecule has 0 bridgehead atoms. The van der Waals surface area contributed by atoms with E-state index < -0.39 is 0 Å². The van der Waals surface area contributed by atoms with Gasteiger partial charge in [0.1, 0.15) is 0 Å². The molecule has 8 aromatic carbocycles. The second kappa shape index (κ2) is 8.40. The first-order valence-corrected chi connectivity index (χ1v) is 16.5. The fraction of sp³-hybridized carbons (Fsp3) is 0. The molecule has 0 amide bonds. The first kappa shape index (κ1) is 24.2. The van der Waals surface area contributed by atoms with Gasteiger partial charge in [-0.05, 0) is 73.4 Å². The molecule has 0 saturated heterocycles. The van der Waals surface area contributed by atoms with Crippen LogP contribution in [0.1, 0.15) is 0 Å². The molecule has 0 spiro atoms. The van der Waals surface area contributed by atoms with Crippen molar-refractivity contribution in [3.63, 3.8) is 0 Å². The van der Waals surface area contributed by atoms with Crippen LogP contribution >= 0.6 is 0 Å². The minimum atomic E-state index is 0.0392. The Kier molecular flexibility index (Phi) is 4.33. The Morgan fingerprint density at radius 3 is 2.02 bits per heavy atom. The van der Waals surface area contributed by atoms with Crippen molar-refractivity contribution in [2.24, 2.45) is 0 Å². The van der Waals surface area contributed by atoms with E-state index in [4.69, 9.17) is 0 Å². The van der Waals surface area contributed by atoms with Gasteiger partial charge in [-0.1, -0.05) is 127 Å². The lowest BCUT2D eigenvalue weighted by Gasteiger charge is -2.34. The molecule has 47 heavy (non-hydrogen) atoms. The molecular weight excluding hydrogens is 567 g/mol. The van der Waals surface area contributed by atoms with Crippen molar-refractivity contribution in [3.05, 3.63) is 152 Å². The van der Waals surface area contributed by atoms with Gasteiger partial charge in [-0.25, -0.2) is 0 Å². The van der Waals surface area contributed by atoms with Gasteiger partial charge in [0.05, 0.1) is 11.0 Å². The Hall–Kier alpha value is -6.06. The van der Waals surface area contributed by atoms with E-state index in [1.807, 2.05) is 0 Å². The van der Waals surface area contributed by atoms with Crippen molar-refractivity contribution in [1.29, 1.82) is 0 Å². The van der Waals surface area contributed by atoms with Gasteiger partial charge < -0.3 is 9.05 Å². The number of hydrogen-bond acceptors (Lipinski definition) is 0. The van der Waals surface area contributed by atoms with E-state index >= 15 is 0 Å². The molecular formula is C44H25BN2. The van der Waals surface area contributed by atoms with Crippen molar-refractivity contribution >= 4 is 82.9 Å². The summed E-state index contributed by atoms with van der Waals surface area (Å²) in [5.74, 6) is 0. The lowest BCUT2D eigenvalue weighted by Crippen LogP contribution is -2.55. The lowest BCUT2D eigenvalue weighted by atomic mass is 9.45. The van der Waals surface area contributed by atoms with Gasteiger partial charge >= 0.3 is 6.85 Å². The van der Waals surface area contributed by atoms with Crippen LogP contribution in [0.25, 0.3) is 93.1 Å². The molecule has 0 radical (unpaired) electrons. The predicted molar refractivity (Wildman–Crippen MR) is 200 cm³/mol. The van der Waals surface area contributed by atoms with Crippen molar-refractivity contribution in [2.45, 2.75) is 0 Å². The van der Waals surface area contributed by atoms with E-state index in [2.05, 4.69) is 161 Å². The van der Waals surface area contributed by atoms with Gasteiger partial charge in [-0.15, -0.1) is 0 Å². The first-order valence-electron chi connectivity index (χ1n) is 16.5. The minimum Gasteiger partial charge on any atom is -0.375 e. The van der Waals surface area contributed by atoms with Crippen molar-refractivity contribution in [3.8, 4) is 27.9 Å². The zero-order chi connectivity index (χ0) is 30.4. The molecule has 0 N–H and O–H groups in total. The van der Waals surface area contributed by atoms with E-state index in [0.717, 1.165) is 0 Å². The van der Waals surface area contributed by atoms with Gasteiger partial charge in [-0.2, -0.15) is 0 Å². The summed E-state index contributed by atoms with van der Waals surface area (Å²) in [6, 6.07) is 56.8. The number of rotatable bonds is 1. The first-order chi connectivity index (χ1) is 23.3. The minimum absolute atomic E-state index is 0.0392. The third-order valence-electron chi connectivity index (χ3n) is 11.0. The largest absolute Gasteiger partial charge is 0.375 e. The van der Waals surface area contributed by atoms with Crippen LogP contribution in [0.2, 0.25) is 0 Å². The van der Waals surface area contributed by atoms with E-state index in [1.165, 1.54) is 104 Å². The van der Waals surface area contributed by atoms with Gasteiger partial charge in [0.25, 0.3) is 0 Å². The maximum Gasteiger partial charge on any atom is 0.333 e. The highest BCUT2D eigenvalue weighted by Crippen LogP contribution is 2.46. The smallest absolute Gasteiger partial charge is 0.333 e. The van der Waals surface area contributed by atoms with E-state index in [9.17, 15) is 0 Å². The summed E-state index contributed by atoms with van der Waals surface area (Å²) < 4.78 is 5.27. The molecule has 2 nitrogen and oxygen atoms in total. The standard InChI is InChI=1S/C44H25BN2/c1-2-11-26(12-3-1)29-23-35-34-19-10-18-33-32-17-8-9-20-37(32)47(43(33)34)45-36-24-28-14-5-7-16-31(28)41-40-30-15-6-4-13-27(30)21-22-38(40)46(44(36)41)39(25-29)42(35)45/h1-25H. The van der Waals surface area contributed by atoms with Crippen molar-refractivity contribution < 1.29 is 0 Å². The maximum atomic E-state index is 2.66. The van der Waals surface area contributed by atoms with Gasteiger partial charge in [0.15, 0.2) is 0 Å². The average Bonchev–Trinajstić information content (AvgIpc) is 3.67. The third kappa shape index (κ3) is 2.85. The summed E-state index contributed by atoms with van der Waals surface area (Å²) in [4.78, 5) is 0. The molecule has 3 heteroatoms. The molecule has 0 saturated carbocycles. The quantitative estimate of drug-likeness (QED) is 0.168. The molecule has 0 aliphatic carbocycles. The highest BCUT2D eigenvalue weighted by Gasteiger charge is 2.42. The zero-order valence-corrected chi connectivity index (χ0v) is 25.4. The Morgan fingerprint density at radius 1 is 0.426 bits per heavy atom. The monoisotopic (exact) mass is 592 g/mol. The van der Waals surface area contributed by atoms with Gasteiger partial charge in [0, 0.05) is 43.8 Å². The Bertz CT molecular complexity index is 3020. The number of aromatic nitrogens is 2. The topological polar surface area (TPSA) is 9.86 Å². The van der Waals surface area contributed by atoms with Crippen LogP contribution in [-0.4, -0.2) is 15.9 Å². The van der Waals surface area contributed by atoms with Crippen LogP contribution < -0.4 is 10.9 Å². The van der Waals surface area contributed by atoms with Crippen LogP contribution in [0.15, 0.2) is 152 Å². The van der Waals surface area contributed by atoms with Crippen LogP contribution in [0.4, 0.5) is 0 Å². The Morgan fingerprint density at radius 2 is 1.15 bits per heavy atom. The molecule has 2 aliphatic rings. The second-order valence-electron chi connectivity index (χ2n) is 13.2. The molecule has 0 atom stereocenters. The van der Waals surface area contributed by atoms with E-state index in [-0.39, 0.29) is 6.85 Å². The summed E-state index contributed by atoms with van der Waals surface area (Å²) >= 11 is 0. The average molecular weight is 593 g/mol. The number of fused-ring (bicyclic) bond motifs is 14. The maximum absolute atomic E-state index is 2.66. The number of nitrogens with zero attached hydrogens (tertiary/aromatic N) is 2. The summed E-state index contributed by atoms with van der Waals surface area (Å²) in [6.45, 7) is 0.0392. The van der Waals surface area contributed by atoms with Crippen LogP contribution in [0.5, 0.6) is 0 Å².